The molecule has 1 aromatic carbocycles. The van der Waals surface area contributed by atoms with E-state index in [0.29, 0.717) is 83.2 Å². The van der Waals surface area contributed by atoms with Crippen molar-refractivity contribution < 1.29 is 18.3 Å². The minimum Gasteiger partial charge on any atom is -0.492 e. The zero-order valence-corrected chi connectivity index (χ0v) is 25.6. The van der Waals surface area contributed by atoms with Crippen LogP contribution in [0.25, 0.3) is 27.5 Å². The Morgan fingerprint density at radius 3 is 2.58 bits per heavy atom. The second-order valence-electron chi connectivity index (χ2n) is 10.6. The smallest absolute Gasteiger partial charge is 0.280 e. The van der Waals surface area contributed by atoms with E-state index >= 15 is 0 Å². The van der Waals surface area contributed by atoms with E-state index in [1.807, 2.05) is 20.8 Å². The van der Waals surface area contributed by atoms with Gasteiger partial charge in [0.25, 0.3) is 17.9 Å². The van der Waals surface area contributed by atoms with Crippen LogP contribution in [0.4, 0.5) is 8.78 Å². The number of piperazine rings is 1. The second-order valence-corrected chi connectivity index (χ2v) is 11.8. The summed E-state index contributed by atoms with van der Waals surface area (Å²) in [6.07, 6.45) is -0.890. The van der Waals surface area contributed by atoms with E-state index in [1.165, 1.54) is 29.7 Å². The Labute approximate surface area is 257 Å². The number of hydrogen-bond donors (Lipinski definition) is 1. The molecular weight excluding hydrogens is 596 g/mol. The standard InChI is InChI=1S/C31H32ClF2N5O3S/c1-4-42-27-8-6-20(32)14-26(27)39-25(13-18(2)3)21(30(40)38-11-9-35-10-12-38)15-22(31(39)41)29-37-24(17-43-29)19-5-7-23(28(33)34)36-16-19/h5-8,14-18,28,35H,4,9-13H2,1-3H3. The molecule has 8 nitrogen and oxygen atoms in total. The molecule has 1 N–H and O–H groups in total. The van der Waals surface area contributed by atoms with Crippen LogP contribution in [0.3, 0.4) is 0 Å². The highest BCUT2D eigenvalue weighted by Crippen LogP contribution is 2.33. The van der Waals surface area contributed by atoms with Crippen molar-refractivity contribution in [2.75, 3.05) is 32.8 Å². The van der Waals surface area contributed by atoms with Gasteiger partial charge in [0, 0.05) is 54.0 Å². The number of halogens is 3. The molecule has 0 spiro atoms. The maximum atomic E-state index is 14.5. The van der Waals surface area contributed by atoms with Crippen molar-refractivity contribution in [1.29, 1.82) is 0 Å². The summed E-state index contributed by atoms with van der Waals surface area (Å²) in [5, 5.41) is 5.81. The van der Waals surface area contributed by atoms with Crippen LogP contribution in [-0.4, -0.2) is 58.1 Å². The molecule has 1 amide bonds. The summed E-state index contributed by atoms with van der Waals surface area (Å²) in [6.45, 7) is 8.71. The SMILES string of the molecule is CCOc1ccc(Cl)cc1-n1c(CC(C)C)c(C(=O)N2CCNCC2)cc(-c2nc(-c3ccc(C(F)F)nc3)cs2)c1=O. The number of nitrogens with zero attached hydrogens (tertiary/aromatic N) is 4. The van der Waals surface area contributed by atoms with Crippen LogP contribution >= 0.6 is 22.9 Å². The topological polar surface area (TPSA) is 89.3 Å². The molecule has 1 fully saturated rings. The first-order valence-corrected chi connectivity index (χ1v) is 15.4. The summed E-state index contributed by atoms with van der Waals surface area (Å²) >= 11 is 7.67. The van der Waals surface area contributed by atoms with Gasteiger partial charge in [0.2, 0.25) is 0 Å². The fourth-order valence-corrected chi connectivity index (χ4v) is 6.03. The molecule has 4 heterocycles. The van der Waals surface area contributed by atoms with Crippen LogP contribution in [0.15, 0.2) is 52.8 Å². The second kappa shape index (κ2) is 13.3. The Bertz CT molecular complexity index is 1670. The van der Waals surface area contributed by atoms with Gasteiger partial charge in [0.15, 0.2) is 0 Å². The van der Waals surface area contributed by atoms with E-state index in [4.69, 9.17) is 16.3 Å². The molecule has 0 saturated carbocycles. The normalized spacial score (nSPS) is 13.6. The molecule has 3 aromatic heterocycles. The van der Waals surface area contributed by atoms with E-state index in [1.54, 1.807) is 39.1 Å². The third-order valence-electron chi connectivity index (χ3n) is 7.04. The average Bonchev–Trinajstić information content (AvgIpc) is 3.48. The summed E-state index contributed by atoms with van der Waals surface area (Å²) in [7, 11) is 0. The van der Waals surface area contributed by atoms with Crippen LogP contribution in [-0.2, 0) is 6.42 Å². The van der Waals surface area contributed by atoms with Gasteiger partial charge in [-0.1, -0.05) is 25.4 Å². The van der Waals surface area contributed by atoms with Gasteiger partial charge in [0.05, 0.1) is 29.1 Å². The average molecular weight is 628 g/mol. The zero-order valence-electron chi connectivity index (χ0n) is 24.1. The van der Waals surface area contributed by atoms with Gasteiger partial charge < -0.3 is 15.0 Å². The number of hydrogen-bond acceptors (Lipinski definition) is 7. The van der Waals surface area contributed by atoms with E-state index in [-0.39, 0.29) is 28.6 Å². The Morgan fingerprint density at radius 2 is 1.93 bits per heavy atom. The fourth-order valence-electron chi connectivity index (χ4n) is 5.03. The van der Waals surface area contributed by atoms with Crippen LogP contribution in [0.2, 0.25) is 5.02 Å². The quantitative estimate of drug-likeness (QED) is 0.236. The number of amides is 1. The predicted molar refractivity (Wildman–Crippen MR) is 165 cm³/mol. The number of thiazole rings is 1. The van der Waals surface area contributed by atoms with E-state index in [0.717, 1.165) is 0 Å². The van der Waals surface area contributed by atoms with Crippen LogP contribution < -0.4 is 15.6 Å². The van der Waals surface area contributed by atoms with Gasteiger partial charge >= 0.3 is 0 Å². The first kappa shape index (κ1) is 30.8. The van der Waals surface area contributed by atoms with Crippen molar-refractivity contribution in [2.45, 2.75) is 33.6 Å². The lowest BCUT2D eigenvalue weighted by Gasteiger charge is -2.29. The van der Waals surface area contributed by atoms with Gasteiger partial charge in [-0.3, -0.25) is 19.1 Å². The molecular formula is C31H32ClF2N5O3S. The number of ether oxygens (including phenoxy) is 1. The summed E-state index contributed by atoms with van der Waals surface area (Å²) in [5.41, 5.74) is 1.98. The minimum atomic E-state index is -2.68. The molecule has 0 radical (unpaired) electrons. The molecule has 0 bridgehead atoms. The Hall–Kier alpha value is -3.67. The predicted octanol–water partition coefficient (Wildman–Crippen LogP) is 6.26. The molecule has 1 aliphatic rings. The van der Waals surface area contributed by atoms with Crippen LogP contribution in [0.5, 0.6) is 5.75 Å². The first-order chi connectivity index (χ1) is 20.7. The molecule has 12 heteroatoms. The molecule has 0 aliphatic carbocycles. The minimum absolute atomic E-state index is 0.121. The van der Waals surface area contributed by atoms with Crippen LogP contribution in [0.1, 0.15) is 48.9 Å². The number of benzene rings is 1. The van der Waals surface area contributed by atoms with Gasteiger partial charge in [-0.05, 0) is 55.7 Å². The van der Waals surface area contributed by atoms with Gasteiger partial charge in [-0.25, -0.2) is 13.8 Å². The molecule has 0 unspecified atom stereocenters. The highest BCUT2D eigenvalue weighted by atomic mass is 35.5. The molecule has 5 rings (SSSR count). The van der Waals surface area contributed by atoms with Crippen molar-refractivity contribution in [3.8, 4) is 33.3 Å². The summed E-state index contributed by atoms with van der Waals surface area (Å²) in [4.78, 5) is 38.9. The highest BCUT2D eigenvalue weighted by molar-refractivity contribution is 7.13. The molecule has 43 heavy (non-hydrogen) atoms. The van der Waals surface area contributed by atoms with Gasteiger partial charge in [-0.2, -0.15) is 0 Å². The summed E-state index contributed by atoms with van der Waals surface area (Å²) < 4.78 is 33.5. The number of rotatable bonds is 9. The Morgan fingerprint density at radius 1 is 1.16 bits per heavy atom. The number of alkyl halides is 2. The summed E-state index contributed by atoms with van der Waals surface area (Å²) in [6, 6.07) is 9.51. The maximum absolute atomic E-state index is 14.5. The van der Waals surface area contributed by atoms with Gasteiger partial charge in [0.1, 0.15) is 16.5 Å². The van der Waals surface area contributed by atoms with Crippen molar-refractivity contribution >= 4 is 28.8 Å². The molecule has 1 saturated heterocycles. The zero-order chi connectivity index (χ0) is 30.7. The van der Waals surface area contributed by atoms with Crippen LogP contribution in [0, 0.1) is 5.92 Å². The molecule has 4 aromatic rings. The number of pyridine rings is 2. The van der Waals surface area contributed by atoms with Crippen molar-refractivity contribution in [2.24, 2.45) is 5.92 Å². The third kappa shape index (κ3) is 6.63. The van der Waals surface area contributed by atoms with E-state index in [2.05, 4.69) is 15.3 Å². The van der Waals surface area contributed by atoms with Crippen molar-refractivity contribution in [1.82, 2.24) is 24.8 Å². The number of carbonyl (C=O) groups excluding carboxylic acids is 1. The van der Waals surface area contributed by atoms with Gasteiger partial charge in [-0.15, -0.1) is 11.3 Å². The lowest BCUT2D eigenvalue weighted by atomic mass is 9.99. The first-order valence-electron chi connectivity index (χ1n) is 14.1. The monoisotopic (exact) mass is 627 g/mol. The summed E-state index contributed by atoms with van der Waals surface area (Å²) in [5.74, 6) is 0.411. The van der Waals surface area contributed by atoms with E-state index < -0.39 is 6.43 Å². The molecule has 0 atom stereocenters. The highest BCUT2D eigenvalue weighted by Gasteiger charge is 2.28. The third-order valence-corrected chi connectivity index (χ3v) is 8.15. The number of aromatic nitrogens is 3. The lowest BCUT2D eigenvalue weighted by molar-refractivity contribution is 0.0733. The van der Waals surface area contributed by atoms with Crippen molar-refractivity contribution in [3.63, 3.8) is 0 Å². The number of nitrogens with one attached hydrogen (secondary N) is 1. The van der Waals surface area contributed by atoms with E-state index in [9.17, 15) is 18.4 Å². The van der Waals surface area contributed by atoms with Crippen molar-refractivity contribution in [3.05, 3.63) is 80.3 Å². The fraction of sp³-hybridized carbons (Fsp3) is 0.355. The lowest BCUT2D eigenvalue weighted by Crippen LogP contribution is -2.47. The Balaban J connectivity index is 1.74. The number of carbonyl (C=O) groups is 1. The maximum Gasteiger partial charge on any atom is 0.280 e. The Kier molecular flexibility index (Phi) is 9.53. The largest absolute Gasteiger partial charge is 0.492 e. The molecule has 1 aliphatic heterocycles. The molecule has 226 valence electrons.